The second-order valence-corrected chi connectivity index (χ2v) is 2.37. The third-order valence-corrected chi connectivity index (χ3v) is 1.17. The first-order valence-electron chi connectivity index (χ1n) is 3.74. The number of hydrogen-bond donors (Lipinski definition) is 1. The molecular formula is C7H17BrO3. The summed E-state index contributed by atoms with van der Waals surface area (Å²) in [7, 11) is 0. The van der Waals surface area contributed by atoms with Gasteiger partial charge in [-0.1, -0.05) is 15.9 Å². The Morgan fingerprint density at radius 2 is 1.64 bits per heavy atom. The number of aliphatic hydroxyl groups is 1. The summed E-state index contributed by atoms with van der Waals surface area (Å²) in [6.45, 7) is 5.33. The molecule has 0 spiro atoms. The molecule has 0 aliphatic heterocycles. The topological polar surface area (TPSA) is 38.7 Å². The largest absolute Gasteiger partial charge is 0.396 e. The van der Waals surface area contributed by atoms with E-state index in [-0.39, 0.29) is 0 Å². The number of alkyl halides is 1. The third kappa shape index (κ3) is 25.2. The van der Waals surface area contributed by atoms with Crippen molar-refractivity contribution in [3.05, 3.63) is 0 Å². The van der Waals surface area contributed by atoms with E-state index in [9.17, 15) is 0 Å². The summed E-state index contributed by atoms with van der Waals surface area (Å²) in [6.07, 6.45) is 0.861. The molecule has 0 aromatic rings. The average Bonchev–Trinajstić information content (AvgIpc) is 2.04. The van der Waals surface area contributed by atoms with Crippen molar-refractivity contribution in [2.75, 3.05) is 25.2 Å². The summed E-state index contributed by atoms with van der Waals surface area (Å²) in [5.41, 5.74) is 0. The van der Waals surface area contributed by atoms with Crippen molar-refractivity contribution >= 4 is 15.9 Å². The van der Waals surface area contributed by atoms with Crippen LogP contribution in [0.4, 0.5) is 0 Å². The van der Waals surface area contributed by atoms with E-state index in [4.69, 9.17) is 5.11 Å². The molecule has 0 radical (unpaired) electrons. The van der Waals surface area contributed by atoms with Crippen LogP contribution < -0.4 is 0 Å². The predicted molar refractivity (Wildman–Crippen MR) is 48.7 cm³/mol. The van der Waals surface area contributed by atoms with Gasteiger partial charge in [0.1, 0.15) is 0 Å². The summed E-state index contributed by atoms with van der Waals surface area (Å²) in [5.74, 6) is 0. The summed E-state index contributed by atoms with van der Waals surface area (Å²) in [4.78, 5) is 8.97. The van der Waals surface area contributed by atoms with Crippen molar-refractivity contribution in [3.63, 3.8) is 0 Å². The van der Waals surface area contributed by atoms with Crippen LogP contribution in [0, 0.1) is 0 Å². The van der Waals surface area contributed by atoms with Crippen LogP contribution in [0.2, 0.25) is 0 Å². The molecule has 0 saturated heterocycles. The highest BCUT2D eigenvalue weighted by Gasteiger charge is 1.71. The second-order valence-electron chi connectivity index (χ2n) is 1.58. The Balaban J connectivity index is 0. The van der Waals surface area contributed by atoms with Gasteiger partial charge in [0.15, 0.2) is 0 Å². The maximum Gasteiger partial charge on any atom is 0.0794 e. The first-order valence-corrected chi connectivity index (χ1v) is 4.86. The lowest BCUT2D eigenvalue weighted by Gasteiger charge is -1.92. The molecule has 4 heteroatoms. The molecule has 0 aliphatic rings. The van der Waals surface area contributed by atoms with Gasteiger partial charge in [-0.3, -0.25) is 0 Å². The molecule has 3 nitrogen and oxygen atoms in total. The van der Waals surface area contributed by atoms with Gasteiger partial charge in [0.05, 0.1) is 13.2 Å². The first kappa shape index (κ1) is 13.9. The van der Waals surface area contributed by atoms with Gasteiger partial charge in [0.25, 0.3) is 0 Å². The molecule has 0 rings (SSSR count). The summed E-state index contributed by atoms with van der Waals surface area (Å²) in [6, 6.07) is 0. The molecule has 0 saturated carbocycles. The fraction of sp³-hybridized carbons (Fsp3) is 1.00. The number of hydrogen-bond acceptors (Lipinski definition) is 3. The Kier molecular flexibility index (Phi) is 21.2. The molecule has 70 valence electrons. The fourth-order valence-corrected chi connectivity index (χ4v) is 0.477. The van der Waals surface area contributed by atoms with Crippen molar-refractivity contribution < 1.29 is 14.9 Å². The second kappa shape index (κ2) is 16.8. The van der Waals surface area contributed by atoms with Crippen LogP contribution in [0.15, 0.2) is 0 Å². The normalized spacial score (nSPS) is 8.73. The van der Waals surface area contributed by atoms with E-state index in [0.29, 0.717) is 19.8 Å². The zero-order valence-electron chi connectivity index (χ0n) is 7.18. The van der Waals surface area contributed by atoms with Crippen molar-refractivity contribution in [3.8, 4) is 0 Å². The third-order valence-electron chi connectivity index (χ3n) is 0.611. The molecule has 0 unspecified atom stereocenters. The van der Waals surface area contributed by atoms with Gasteiger partial charge in [-0.2, -0.15) is 0 Å². The minimum absolute atomic E-state index is 0.297. The molecule has 0 aromatic heterocycles. The van der Waals surface area contributed by atoms with E-state index in [1.165, 1.54) is 0 Å². The van der Waals surface area contributed by atoms with E-state index in [0.717, 1.165) is 11.8 Å². The zero-order chi connectivity index (χ0) is 8.95. The van der Waals surface area contributed by atoms with Gasteiger partial charge in [-0.25, -0.2) is 9.78 Å². The molecule has 0 aliphatic carbocycles. The molecule has 0 bridgehead atoms. The maximum atomic E-state index is 8.04. The van der Waals surface area contributed by atoms with Crippen molar-refractivity contribution in [2.24, 2.45) is 0 Å². The fourth-order valence-electron chi connectivity index (χ4n) is 0.226. The van der Waals surface area contributed by atoms with E-state index < -0.39 is 0 Å². The highest BCUT2D eigenvalue weighted by Crippen LogP contribution is 1.81. The lowest BCUT2D eigenvalue weighted by atomic mass is 10.5. The van der Waals surface area contributed by atoms with Crippen LogP contribution in [-0.2, 0) is 9.78 Å². The number of rotatable bonds is 5. The minimum Gasteiger partial charge on any atom is -0.396 e. The molecule has 0 heterocycles. The van der Waals surface area contributed by atoms with Gasteiger partial charge in [0, 0.05) is 11.9 Å². The summed E-state index contributed by atoms with van der Waals surface area (Å²) >= 11 is 3.15. The van der Waals surface area contributed by atoms with E-state index in [2.05, 4.69) is 25.7 Å². The van der Waals surface area contributed by atoms with Gasteiger partial charge in [-0.15, -0.1) is 0 Å². The highest BCUT2D eigenvalue weighted by molar-refractivity contribution is 9.09. The minimum atomic E-state index is 0.297. The molecule has 1 N–H and O–H groups in total. The SMILES string of the molecule is CCOOCC.OCCCBr. The van der Waals surface area contributed by atoms with Gasteiger partial charge in [0.2, 0.25) is 0 Å². The van der Waals surface area contributed by atoms with Crippen LogP contribution >= 0.6 is 15.9 Å². The molecule has 0 amide bonds. The quantitative estimate of drug-likeness (QED) is 0.338. The highest BCUT2D eigenvalue weighted by atomic mass is 79.9. The lowest BCUT2D eigenvalue weighted by Crippen LogP contribution is -1.90. The Labute approximate surface area is 76.8 Å². The Morgan fingerprint density at radius 3 is 1.73 bits per heavy atom. The number of aliphatic hydroxyl groups excluding tert-OH is 1. The zero-order valence-corrected chi connectivity index (χ0v) is 8.76. The van der Waals surface area contributed by atoms with Crippen molar-refractivity contribution in [1.82, 2.24) is 0 Å². The van der Waals surface area contributed by atoms with E-state index in [1.807, 2.05) is 13.8 Å². The van der Waals surface area contributed by atoms with E-state index in [1.54, 1.807) is 0 Å². The van der Waals surface area contributed by atoms with Gasteiger partial charge in [-0.05, 0) is 20.3 Å². The predicted octanol–water partition coefficient (Wildman–Crippen LogP) is 1.74. The van der Waals surface area contributed by atoms with Crippen LogP contribution in [-0.4, -0.2) is 30.3 Å². The Morgan fingerprint density at radius 1 is 1.18 bits per heavy atom. The number of halogens is 1. The van der Waals surface area contributed by atoms with Crippen LogP contribution in [0.1, 0.15) is 20.3 Å². The summed E-state index contributed by atoms with van der Waals surface area (Å²) < 4.78 is 0. The van der Waals surface area contributed by atoms with Gasteiger partial charge < -0.3 is 5.11 Å². The van der Waals surface area contributed by atoms with Crippen LogP contribution in [0.5, 0.6) is 0 Å². The van der Waals surface area contributed by atoms with Crippen molar-refractivity contribution in [1.29, 1.82) is 0 Å². The molecule has 0 atom stereocenters. The van der Waals surface area contributed by atoms with Crippen molar-refractivity contribution in [2.45, 2.75) is 20.3 Å². The van der Waals surface area contributed by atoms with Crippen LogP contribution in [0.3, 0.4) is 0 Å². The van der Waals surface area contributed by atoms with Crippen LogP contribution in [0.25, 0.3) is 0 Å². The standard InChI is InChI=1S/C4H10O2.C3H7BrO/c1-3-5-6-4-2;4-2-1-3-5/h3-4H2,1-2H3;5H,1-3H2. The smallest absolute Gasteiger partial charge is 0.0794 e. The Bertz CT molecular complexity index is 47.0. The van der Waals surface area contributed by atoms with E-state index >= 15 is 0 Å². The molecular weight excluding hydrogens is 212 g/mol. The molecule has 0 aromatic carbocycles. The molecule has 0 fully saturated rings. The average molecular weight is 229 g/mol. The monoisotopic (exact) mass is 228 g/mol. The van der Waals surface area contributed by atoms with Gasteiger partial charge >= 0.3 is 0 Å². The first-order chi connectivity index (χ1) is 5.33. The molecule has 11 heavy (non-hydrogen) atoms. The summed E-state index contributed by atoms with van der Waals surface area (Å²) in [5, 5.41) is 8.94. The maximum absolute atomic E-state index is 8.04. The Hall–Kier alpha value is 0.360. The lowest BCUT2D eigenvalue weighted by molar-refractivity contribution is -0.287.